The minimum absolute atomic E-state index is 0.289. The van der Waals surface area contributed by atoms with Crippen LogP contribution >= 0.6 is 0 Å². The van der Waals surface area contributed by atoms with Crippen molar-refractivity contribution < 1.29 is 9.90 Å². The zero-order valence-corrected chi connectivity index (χ0v) is 11.0. The number of likely N-dealkylation sites (tertiary alicyclic amines) is 1. The zero-order valence-electron chi connectivity index (χ0n) is 11.0. The summed E-state index contributed by atoms with van der Waals surface area (Å²) in [7, 11) is 0. The number of amides is 1. The lowest BCUT2D eigenvalue weighted by atomic mass is 9.92. The number of rotatable bonds is 1. The van der Waals surface area contributed by atoms with Crippen LogP contribution in [0.2, 0.25) is 0 Å². The van der Waals surface area contributed by atoms with Crippen molar-refractivity contribution in [3.8, 4) is 0 Å². The molecule has 1 aliphatic heterocycles. The Morgan fingerprint density at radius 3 is 2.95 bits per heavy atom. The zero-order chi connectivity index (χ0) is 13.4. The highest BCUT2D eigenvalue weighted by Crippen LogP contribution is 2.32. The molecule has 3 rings (SSSR count). The first-order valence-electron chi connectivity index (χ1n) is 6.72. The first kappa shape index (κ1) is 12.1. The molecule has 1 aliphatic rings. The number of carboxylic acid groups (broad SMARTS) is 1. The molecule has 1 unspecified atom stereocenters. The predicted octanol–water partition coefficient (Wildman–Crippen LogP) is 3.33. The molecule has 2 aromatic rings. The van der Waals surface area contributed by atoms with Gasteiger partial charge in [0.05, 0.1) is 0 Å². The molecule has 1 aromatic heterocycles. The van der Waals surface area contributed by atoms with Gasteiger partial charge >= 0.3 is 6.09 Å². The van der Waals surface area contributed by atoms with E-state index in [0.29, 0.717) is 13.1 Å². The number of nitrogens with one attached hydrogen (secondary N) is 1. The number of para-hydroxylation sites is 1. The van der Waals surface area contributed by atoms with E-state index in [9.17, 15) is 4.79 Å². The largest absolute Gasteiger partial charge is 0.465 e. The van der Waals surface area contributed by atoms with Crippen LogP contribution in [0.15, 0.2) is 24.3 Å². The number of H-pyrrole nitrogens is 1. The Labute approximate surface area is 112 Å². The molecule has 2 heterocycles. The van der Waals surface area contributed by atoms with Gasteiger partial charge in [-0.25, -0.2) is 4.79 Å². The second-order valence-electron chi connectivity index (χ2n) is 5.28. The highest BCUT2D eigenvalue weighted by molar-refractivity contribution is 5.84. The maximum absolute atomic E-state index is 11.1. The Bertz CT molecular complexity index is 618. The average Bonchev–Trinajstić information content (AvgIpc) is 2.77. The molecule has 0 radical (unpaired) electrons. The SMILES string of the molecule is Cc1c(C2CCCN(C(=O)O)C2)[nH]c2ccccc12. The van der Waals surface area contributed by atoms with Gasteiger partial charge in [0.1, 0.15) is 0 Å². The fraction of sp³-hybridized carbons (Fsp3) is 0.400. The van der Waals surface area contributed by atoms with E-state index >= 15 is 0 Å². The van der Waals surface area contributed by atoms with Crippen molar-refractivity contribution >= 4 is 17.0 Å². The lowest BCUT2D eigenvalue weighted by Gasteiger charge is -2.30. The van der Waals surface area contributed by atoms with Gasteiger partial charge in [-0.15, -0.1) is 0 Å². The summed E-state index contributed by atoms with van der Waals surface area (Å²) in [5.74, 6) is 0.289. The smallest absolute Gasteiger partial charge is 0.407 e. The molecule has 0 saturated carbocycles. The van der Waals surface area contributed by atoms with Gasteiger partial charge in [0.15, 0.2) is 0 Å². The van der Waals surface area contributed by atoms with Gasteiger partial charge in [0.25, 0.3) is 0 Å². The van der Waals surface area contributed by atoms with E-state index in [2.05, 4.69) is 24.0 Å². The molecular formula is C15H18N2O2. The van der Waals surface area contributed by atoms with Crippen LogP contribution in [0.4, 0.5) is 4.79 Å². The van der Waals surface area contributed by atoms with Gasteiger partial charge in [-0.2, -0.15) is 0 Å². The van der Waals surface area contributed by atoms with Crippen molar-refractivity contribution in [1.29, 1.82) is 0 Å². The van der Waals surface area contributed by atoms with Gasteiger partial charge < -0.3 is 15.0 Å². The quantitative estimate of drug-likeness (QED) is 0.824. The molecule has 4 nitrogen and oxygen atoms in total. The molecule has 1 atom stereocenters. The minimum atomic E-state index is -0.807. The highest BCUT2D eigenvalue weighted by atomic mass is 16.4. The predicted molar refractivity (Wildman–Crippen MR) is 74.6 cm³/mol. The number of nitrogens with zero attached hydrogens (tertiary/aromatic N) is 1. The summed E-state index contributed by atoms with van der Waals surface area (Å²) in [4.78, 5) is 16.1. The second kappa shape index (κ2) is 4.61. The molecule has 2 N–H and O–H groups in total. The molecule has 1 aromatic carbocycles. The highest BCUT2D eigenvalue weighted by Gasteiger charge is 2.26. The summed E-state index contributed by atoms with van der Waals surface area (Å²) in [6.45, 7) is 3.38. The number of piperidine rings is 1. The molecule has 19 heavy (non-hydrogen) atoms. The summed E-state index contributed by atoms with van der Waals surface area (Å²) < 4.78 is 0. The van der Waals surface area contributed by atoms with Crippen LogP contribution in [0, 0.1) is 6.92 Å². The molecule has 0 bridgehead atoms. The van der Waals surface area contributed by atoms with Crippen LogP contribution in [-0.2, 0) is 0 Å². The van der Waals surface area contributed by atoms with Crippen molar-refractivity contribution in [3.63, 3.8) is 0 Å². The average molecular weight is 258 g/mol. The van der Waals surface area contributed by atoms with Crippen LogP contribution in [0.1, 0.15) is 30.0 Å². The number of aryl methyl sites for hydroxylation is 1. The Morgan fingerprint density at radius 1 is 1.42 bits per heavy atom. The molecule has 100 valence electrons. The van der Waals surface area contributed by atoms with Gasteiger partial charge in [-0.1, -0.05) is 18.2 Å². The van der Waals surface area contributed by atoms with Crippen LogP contribution in [-0.4, -0.2) is 34.2 Å². The fourth-order valence-electron chi connectivity index (χ4n) is 3.10. The minimum Gasteiger partial charge on any atom is -0.465 e. The van der Waals surface area contributed by atoms with E-state index in [0.717, 1.165) is 18.4 Å². The van der Waals surface area contributed by atoms with E-state index in [1.54, 1.807) is 0 Å². The lowest BCUT2D eigenvalue weighted by Crippen LogP contribution is -2.38. The maximum Gasteiger partial charge on any atom is 0.407 e. The number of carbonyl (C=O) groups is 1. The number of hydrogen-bond acceptors (Lipinski definition) is 1. The monoisotopic (exact) mass is 258 g/mol. The third-order valence-electron chi connectivity index (χ3n) is 4.10. The molecule has 1 saturated heterocycles. The Kier molecular flexibility index (Phi) is 2.93. The van der Waals surface area contributed by atoms with Crippen LogP contribution in [0.25, 0.3) is 10.9 Å². The summed E-state index contributed by atoms with van der Waals surface area (Å²) in [5.41, 5.74) is 3.60. The van der Waals surface area contributed by atoms with E-state index in [1.165, 1.54) is 21.5 Å². The third-order valence-corrected chi connectivity index (χ3v) is 4.10. The van der Waals surface area contributed by atoms with Gasteiger partial charge in [-0.05, 0) is 31.4 Å². The standard InChI is InChI=1S/C15H18N2O2/c1-10-12-6-2-3-7-13(12)16-14(10)11-5-4-8-17(9-11)15(18)19/h2-3,6-7,11,16H,4-5,8-9H2,1H3,(H,18,19). The molecule has 0 aliphatic carbocycles. The van der Waals surface area contributed by atoms with Crippen LogP contribution in [0.3, 0.4) is 0 Å². The lowest BCUT2D eigenvalue weighted by molar-refractivity contribution is 0.130. The molecule has 4 heteroatoms. The van der Waals surface area contributed by atoms with Crippen LogP contribution in [0.5, 0.6) is 0 Å². The van der Waals surface area contributed by atoms with E-state index in [-0.39, 0.29) is 5.92 Å². The number of aromatic nitrogens is 1. The Balaban J connectivity index is 1.95. The fourth-order valence-corrected chi connectivity index (χ4v) is 3.10. The Morgan fingerprint density at radius 2 is 2.21 bits per heavy atom. The molecule has 0 spiro atoms. The van der Waals surface area contributed by atoms with Gasteiger partial charge in [0.2, 0.25) is 0 Å². The Hall–Kier alpha value is -1.97. The molecular weight excluding hydrogens is 240 g/mol. The first-order chi connectivity index (χ1) is 9.16. The summed E-state index contributed by atoms with van der Waals surface area (Å²) in [6.07, 6.45) is 1.18. The number of hydrogen-bond donors (Lipinski definition) is 2. The van der Waals surface area contributed by atoms with Crippen molar-refractivity contribution in [1.82, 2.24) is 9.88 Å². The molecule has 1 fully saturated rings. The van der Waals surface area contributed by atoms with Crippen molar-refractivity contribution in [2.75, 3.05) is 13.1 Å². The van der Waals surface area contributed by atoms with Crippen LogP contribution < -0.4 is 0 Å². The van der Waals surface area contributed by atoms with E-state index in [4.69, 9.17) is 5.11 Å². The molecule has 1 amide bonds. The normalized spacial score (nSPS) is 19.8. The van der Waals surface area contributed by atoms with Gasteiger partial charge in [-0.3, -0.25) is 0 Å². The first-order valence-corrected chi connectivity index (χ1v) is 6.72. The number of aromatic amines is 1. The van der Waals surface area contributed by atoms with Crippen molar-refractivity contribution in [2.24, 2.45) is 0 Å². The summed E-state index contributed by atoms with van der Waals surface area (Å²) >= 11 is 0. The topological polar surface area (TPSA) is 56.3 Å². The van der Waals surface area contributed by atoms with Crippen molar-refractivity contribution in [2.45, 2.75) is 25.7 Å². The summed E-state index contributed by atoms with van der Waals surface area (Å²) in [5, 5.41) is 10.4. The summed E-state index contributed by atoms with van der Waals surface area (Å²) in [6, 6.07) is 8.25. The number of benzene rings is 1. The number of fused-ring (bicyclic) bond motifs is 1. The van der Waals surface area contributed by atoms with E-state index in [1.807, 2.05) is 12.1 Å². The second-order valence-corrected chi connectivity index (χ2v) is 5.28. The third kappa shape index (κ3) is 2.07. The van der Waals surface area contributed by atoms with E-state index < -0.39 is 6.09 Å². The maximum atomic E-state index is 11.1. The van der Waals surface area contributed by atoms with Gasteiger partial charge in [0, 0.05) is 35.6 Å². The van der Waals surface area contributed by atoms with Crippen molar-refractivity contribution in [3.05, 3.63) is 35.5 Å².